The average Bonchev–Trinajstić information content (AvgIpc) is 2.40. The predicted octanol–water partition coefficient (Wildman–Crippen LogP) is 4.83. The van der Waals surface area contributed by atoms with E-state index in [1.165, 1.54) is 0 Å². The van der Waals surface area contributed by atoms with Crippen molar-refractivity contribution in [2.45, 2.75) is 39.3 Å². The summed E-state index contributed by atoms with van der Waals surface area (Å²) in [5.41, 5.74) is 0.574. The van der Waals surface area contributed by atoms with Gasteiger partial charge in [0.25, 0.3) is 0 Å². The second kappa shape index (κ2) is 9.30. The highest BCUT2D eigenvalue weighted by atomic mass is 79.9. The largest absolute Gasteiger partial charge is 0.444 e. The fourth-order valence-corrected chi connectivity index (χ4v) is 2.67. The highest BCUT2D eigenvalue weighted by Gasteiger charge is 2.15. The summed E-state index contributed by atoms with van der Waals surface area (Å²) < 4.78 is 6.11. The summed E-state index contributed by atoms with van der Waals surface area (Å²) in [6.45, 7) is 8.68. The smallest absolute Gasteiger partial charge is 0.407 e. The number of carbonyl (C=O) groups excluding carboxylic acids is 1. The number of ether oxygens (including phenoxy) is 1. The number of alkyl carbamates (subject to hydrolysis) is 1. The molecule has 1 atom stereocenters. The topological polar surface area (TPSA) is 50.4 Å². The maximum absolute atomic E-state index is 11.4. The minimum Gasteiger partial charge on any atom is -0.444 e. The first-order valence-electron chi connectivity index (χ1n) is 7.49. The van der Waals surface area contributed by atoms with Gasteiger partial charge in [-0.1, -0.05) is 45.7 Å². The maximum atomic E-state index is 11.4. The van der Waals surface area contributed by atoms with E-state index in [0.29, 0.717) is 13.1 Å². The number of halogens is 2. The molecule has 4 nitrogen and oxygen atoms in total. The molecule has 0 heterocycles. The van der Waals surface area contributed by atoms with Gasteiger partial charge in [0.2, 0.25) is 0 Å². The van der Waals surface area contributed by atoms with Crippen molar-refractivity contribution in [1.82, 2.24) is 10.6 Å². The van der Waals surface area contributed by atoms with Gasteiger partial charge in [-0.05, 0) is 45.4 Å². The van der Waals surface area contributed by atoms with Gasteiger partial charge in [0.1, 0.15) is 5.60 Å². The third-order valence-corrected chi connectivity index (χ3v) is 3.72. The first-order chi connectivity index (χ1) is 10.7. The van der Waals surface area contributed by atoms with E-state index in [2.05, 4.69) is 33.5 Å². The number of hydrogen-bond donors (Lipinski definition) is 2. The predicted molar refractivity (Wildman–Crippen MR) is 98.9 cm³/mol. The molecule has 0 spiro atoms. The average molecular weight is 404 g/mol. The number of rotatable bonds is 6. The lowest BCUT2D eigenvalue weighted by Crippen LogP contribution is -2.32. The third kappa shape index (κ3) is 8.39. The highest BCUT2D eigenvalue weighted by molar-refractivity contribution is 9.10. The van der Waals surface area contributed by atoms with Crippen molar-refractivity contribution in [3.63, 3.8) is 0 Å². The molecule has 0 aromatic heterocycles. The van der Waals surface area contributed by atoms with Crippen molar-refractivity contribution in [2.75, 3.05) is 13.1 Å². The lowest BCUT2D eigenvalue weighted by atomic mass is 10.1. The zero-order valence-electron chi connectivity index (χ0n) is 14.0. The van der Waals surface area contributed by atoms with Crippen LogP contribution in [0.1, 0.15) is 39.3 Å². The second-order valence-electron chi connectivity index (χ2n) is 6.15. The zero-order chi connectivity index (χ0) is 17.5. The van der Waals surface area contributed by atoms with Crippen LogP contribution in [0.15, 0.2) is 34.8 Å². The van der Waals surface area contributed by atoms with Crippen LogP contribution >= 0.6 is 27.5 Å². The fourth-order valence-electron chi connectivity index (χ4n) is 1.83. The standard InChI is InChI=1S/C17H24BrClN2O2/c1-12(14-8-7-13(18)11-15(14)19)20-9-5-6-10-21-16(22)23-17(2,3)4/h5-8,11-12,20H,9-10H2,1-4H3,(H,21,22)/b6-5+. The van der Waals surface area contributed by atoms with Gasteiger partial charge >= 0.3 is 6.09 Å². The Labute approximate surface area is 151 Å². The molecule has 1 rings (SSSR count). The molecule has 2 N–H and O–H groups in total. The first kappa shape index (κ1) is 20.0. The van der Waals surface area contributed by atoms with Crippen molar-refractivity contribution >= 4 is 33.6 Å². The molecule has 128 valence electrons. The molecule has 0 aliphatic heterocycles. The van der Waals surface area contributed by atoms with Gasteiger partial charge in [-0.25, -0.2) is 4.79 Å². The van der Waals surface area contributed by atoms with Crippen LogP contribution < -0.4 is 10.6 Å². The van der Waals surface area contributed by atoms with E-state index in [0.717, 1.165) is 15.1 Å². The fraction of sp³-hybridized carbons (Fsp3) is 0.471. The van der Waals surface area contributed by atoms with Gasteiger partial charge in [0.15, 0.2) is 0 Å². The van der Waals surface area contributed by atoms with E-state index in [-0.39, 0.29) is 6.04 Å². The SMILES string of the molecule is CC(NC/C=C/CNC(=O)OC(C)(C)C)c1ccc(Br)cc1Cl. The molecule has 0 aliphatic carbocycles. The van der Waals surface area contributed by atoms with Crippen molar-refractivity contribution in [3.05, 3.63) is 45.4 Å². The lowest BCUT2D eigenvalue weighted by molar-refractivity contribution is 0.0534. The quantitative estimate of drug-likeness (QED) is 0.669. The Bertz CT molecular complexity index is 556. The van der Waals surface area contributed by atoms with Crippen LogP contribution in [-0.2, 0) is 4.74 Å². The molecule has 0 fully saturated rings. The second-order valence-corrected chi connectivity index (χ2v) is 7.47. The first-order valence-corrected chi connectivity index (χ1v) is 8.66. The van der Waals surface area contributed by atoms with E-state index >= 15 is 0 Å². The van der Waals surface area contributed by atoms with Crippen LogP contribution in [-0.4, -0.2) is 24.8 Å². The normalized spacial score (nSPS) is 13.1. The molecular weight excluding hydrogens is 380 g/mol. The molecule has 6 heteroatoms. The van der Waals surface area contributed by atoms with Crippen LogP contribution in [0.4, 0.5) is 4.79 Å². The zero-order valence-corrected chi connectivity index (χ0v) is 16.3. The van der Waals surface area contributed by atoms with Crippen molar-refractivity contribution in [2.24, 2.45) is 0 Å². The highest BCUT2D eigenvalue weighted by Crippen LogP contribution is 2.26. The molecule has 23 heavy (non-hydrogen) atoms. The van der Waals surface area contributed by atoms with E-state index in [9.17, 15) is 4.79 Å². The Morgan fingerprint density at radius 2 is 2.00 bits per heavy atom. The minimum absolute atomic E-state index is 0.138. The molecule has 1 aromatic carbocycles. The van der Waals surface area contributed by atoms with E-state index < -0.39 is 11.7 Å². The van der Waals surface area contributed by atoms with Gasteiger partial charge in [-0.2, -0.15) is 0 Å². The molecule has 0 bridgehead atoms. The number of benzene rings is 1. The minimum atomic E-state index is -0.477. The van der Waals surface area contributed by atoms with Crippen LogP contribution in [0.5, 0.6) is 0 Å². The number of amides is 1. The monoisotopic (exact) mass is 402 g/mol. The van der Waals surface area contributed by atoms with E-state index in [1.807, 2.05) is 51.1 Å². The summed E-state index contributed by atoms with van der Waals surface area (Å²) in [4.78, 5) is 11.4. The van der Waals surface area contributed by atoms with Gasteiger partial charge in [0.05, 0.1) is 0 Å². The van der Waals surface area contributed by atoms with Gasteiger partial charge in [-0.3, -0.25) is 0 Å². The molecular formula is C17H24BrClN2O2. The van der Waals surface area contributed by atoms with Crippen molar-refractivity contribution in [3.8, 4) is 0 Å². The number of hydrogen-bond acceptors (Lipinski definition) is 3. The van der Waals surface area contributed by atoms with Crippen molar-refractivity contribution in [1.29, 1.82) is 0 Å². The van der Waals surface area contributed by atoms with Crippen LogP contribution in [0, 0.1) is 0 Å². The van der Waals surface area contributed by atoms with Crippen LogP contribution in [0.25, 0.3) is 0 Å². The Morgan fingerprint density at radius 1 is 1.35 bits per heavy atom. The molecule has 1 amide bonds. The van der Waals surface area contributed by atoms with Gasteiger partial charge in [0, 0.05) is 28.6 Å². The molecule has 0 saturated heterocycles. The Balaban J connectivity index is 2.29. The van der Waals surface area contributed by atoms with Gasteiger partial charge < -0.3 is 15.4 Å². The molecule has 0 saturated carbocycles. The lowest BCUT2D eigenvalue weighted by Gasteiger charge is -2.19. The maximum Gasteiger partial charge on any atom is 0.407 e. The summed E-state index contributed by atoms with van der Waals surface area (Å²) in [6, 6.07) is 5.99. The Morgan fingerprint density at radius 3 is 2.61 bits per heavy atom. The summed E-state index contributed by atoms with van der Waals surface area (Å²) in [5, 5.41) is 6.76. The third-order valence-electron chi connectivity index (χ3n) is 2.90. The van der Waals surface area contributed by atoms with Crippen LogP contribution in [0.2, 0.25) is 5.02 Å². The van der Waals surface area contributed by atoms with Crippen LogP contribution in [0.3, 0.4) is 0 Å². The molecule has 0 radical (unpaired) electrons. The molecule has 1 aromatic rings. The summed E-state index contributed by atoms with van der Waals surface area (Å²) >= 11 is 9.62. The number of carbonyl (C=O) groups is 1. The molecule has 0 aliphatic rings. The number of nitrogens with one attached hydrogen (secondary N) is 2. The van der Waals surface area contributed by atoms with Crippen molar-refractivity contribution < 1.29 is 9.53 Å². The summed E-state index contributed by atoms with van der Waals surface area (Å²) in [6.07, 6.45) is 3.43. The van der Waals surface area contributed by atoms with Gasteiger partial charge in [-0.15, -0.1) is 0 Å². The van der Waals surface area contributed by atoms with E-state index in [4.69, 9.17) is 16.3 Å². The Hall–Kier alpha value is -1.04. The summed E-state index contributed by atoms with van der Waals surface area (Å²) in [5.74, 6) is 0. The summed E-state index contributed by atoms with van der Waals surface area (Å²) in [7, 11) is 0. The molecule has 1 unspecified atom stereocenters. The van der Waals surface area contributed by atoms with E-state index in [1.54, 1.807) is 0 Å². The Kier molecular flexibility index (Phi) is 8.09.